The molecule has 3 aliphatic rings. The van der Waals surface area contributed by atoms with Crippen LogP contribution in [0.4, 0.5) is 5.69 Å². The van der Waals surface area contributed by atoms with Gasteiger partial charge in [-0.05, 0) is 68.9 Å². The van der Waals surface area contributed by atoms with E-state index in [4.69, 9.17) is 18.9 Å². The number of aryl methyl sites for hydroxylation is 1. The SMILES string of the molecule is CCN(CCC(C)C)c1cc2c(cc1C)C1(OC(=O)c3ccccc31)c1ccc(OC3CCCCO3)cc1O2. The van der Waals surface area contributed by atoms with Gasteiger partial charge in [-0.2, -0.15) is 0 Å². The van der Waals surface area contributed by atoms with Gasteiger partial charge in [0.05, 0.1) is 12.2 Å². The maximum atomic E-state index is 13.2. The average molecular weight is 528 g/mol. The second kappa shape index (κ2) is 10.2. The highest BCUT2D eigenvalue weighted by molar-refractivity contribution is 5.97. The monoisotopic (exact) mass is 527 g/mol. The lowest BCUT2D eigenvalue weighted by Gasteiger charge is -2.38. The van der Waals surface area contributed by atoms with Crippen LogP contribution in [0.15, 0.2) is 54.6 Å². The number of anilines is 1. The molecule has 0 amide bonds. The first-order valence-corrected chi connectivity index (χ1v) is 14.2. The van der Waals surface area contributed by atoms with Gasteiger partial charge in [0.2, 0.25) is 0 Å². The maximum Gasteiger partial charge on any atom is 0.340 e. The van der Waals surface area contributed by atoms with Crippen LogP contribution in [0.5, 0.6) is 17.2 Å². The molecule has 1 spiro atoms. The molecule has 39 heavy (non-hydrogen) atoms. The predicted molar refractivity (Wildman–Crippen MR) is 151 cm³/mol. The Balaban J connectivity index is 1.48. The van der Waals surface area contributed by atoms with Gasteiger partial charge in [0.15, 0.2) is 11.9 Å². The third-order valence-corrected chi connectivity index (χ3v) is 8.11. The second-order valence-electron chi connectivity index (χ2n) is 11.2. The molecule has 3 heterocycles. The van der Waals surface area contributed by atoms with Crippen LogP contribution in [0.1, 0.15) is 79.1 Å². The quantitative estimate of drug-likeness (QED) is 0.300. The van der Waals surface area contributed by atoms with Gasteiger partial charge >= 0.3 is 5.97 Å². The fourth-order valence-corrected chi connectivity index (χ4v) is 6.03. The molecular weight excluding hydrogens is 490 g/mol. The molecule has 3 aromatic carbocycles. The van der Waals surface area contributed by atoms with Crippen molar-refractivity contribution in [3.05, 3.63) is 82.4 Å². The summed E-state index contributed by atoms with van der Waals surface area (Å²) in [4.78, 5) is 15.6. The molecule has 0 bridgehead atoms. The number of carbonyl (C=O) groups excluding carboxylic acids is 1. The minimum atomic E-state index is -1.09. The van der Waals surface area contributed by atoms with Gasteiger partial charge in [-0.25, -0.2) is 4.79 Å². The van der Waals surface area contributed by atoms with Crippen molar-refractivity contribution in [3.8, 4) is 17.2 Å². The number of ether oxygens (including phenoxy) is 4. The van der Waals surface area contributed by atoms with E-state index in [9.17, 15) is 4.79 Å². The van der Waals surface area contributed by atoms with Crippen molar-refractivity contribution >= 4 is 11.7 Å². The second-order valence-corrected chi connectivity index (χ2v) is 11.2. The summed E-state index contributed by atoms with van der Waals surface area (Å²) >= 11 is 0. The molecule has 1 fully saturated rings. The summed E-state index contributed by atoms with van der Waals surface area (Å²) in [6.45, 7) is 11.4. The lowest BCUT2D eigenvalue weighted by Crippen LogP contribution is -2.34. The first-order valence-electron chi connectivity index (χ1n) is 14.2. The zero-order chi connectivity index (χ0) is 27.1. The lowest BCUT2D eigenvalue weighted by atomic mass is 9.77. The molecule has 0 saturated carbocycles. The van der Waals surface area contributed by atoms with E-state index in [1.165, 1.54) is 0 Å². The third kappa shape index (κ3) is 4.45. The summed E-state index contributed by atoms with van der Waals surface area (Å²) in [7, 11) is 0. The summed E-state index contributed by atoms with van der Waals surface area (Å²) in [5, 5.41) is 0. The smallest absolute Gasteiger partial charge is 0.340 e. The molecule has 0 N–H and O–H groups in total. The Hall–Kier alpha value is -3.51. The minimum Gasteiger partial charge on any atom is -0.465 e. The molecule has 6 heteroatoms. The Kier molecular flexibility index (Phi) is 6.76. The summed E-state index contributed by atoms with van der Waals surface area (Å²) in [6, 6.07) is 17.7. The maximum absolute atomic E-state index is 13.2. The molecule has 6 rings (SSSR count). The van der Waals surface area contributed by atoms with E-state index in [0.717, 1.165) is 66.7 Å². The van der Waals surface area contributed by atoms with E-state index >= 15 is 0 Å². The zero-order valence-corrected chi connectivity index (χ0v) is 23.3. The summed E-state index contributed by atoms with van der Waals surface area (Å²) in [6.07, 6.45) is 3.85. The number of benzene rings is 3. The van der Waals surface area contributed by atoms with Crippen LogP contribution in [0.2, 0.25) is 0 Å². The molecule has 3 aliphatic heterocycles. The molecule has 204 valence electrons. The Morgan fingerprint density at radius 2 is 1.85 bits per heavy atom. The van der Waals surface area contributed by atoms with Crippen molar-refractivity contribution in [2.24, 2.45) is 5.92 Å². The van der Waals surface area contributed by atoms with E-state index < -0.39 is 5.60 Å². The van der Waals surface area contributed by atoms with E-state index in [1.54, 1.807) is 0 Å². The van der Waals surface area contributed by atoms with Crippen molar-refractivity contribution in [3.63, 3.8) is 0 Å². The standard InChI is InChI=1S/C33H37NO5/c1-5-34(16-15-21(2)3)28-20-30-27(18-22(28)4)33(25-11-7-6-10-24(25)32(35)39-33)26-14-13-23(19-29(26)38-30)37-31-12-8-9-17-36-31/h6-7,10-11,13-14,18-21,31H,5,8-9,12,15-17H2,1-4H3. The Bertz CT molecular complexity index is 1390. The summed E-state index contributed by atoms with van der Waals surface area (Å²) in [5.74, 6) is 2.29. The third-order valence-electron chi connectivity index (χ3n) is 8.11. The van der Waals surface area contributed by atoms with E-state index in [1.807, 2.05) is 42.5 Å². The first kappa shape index (κ1) is 25.8. The highest BCUT2D eigenvalue weighted by Crippen LogP contribution is 2.57. The highest BCUT2D eigenvalue weighted by atomic mass is 16.7. The number of rotatable bonds is 7. The summed E-state index contributed by atoms with van der Waals surface area (Å²) in [5.41, 5.74) is 4.24. The predicted octanol–water partition coefficient (Wildman–Crippen LogP) is 7.34. The van der Waals surface area contributed by atoms with Gasteiger partial charge in [-0.1, -0.05) is 32.0 Å². The van der Waals surface area contributed by atoms with Crippen LogP contribution in [0.25, 0.3) is 0 Å². The molecule has 0 aliphatic carbocycles. The van der Waals surface area contributed by atoms with Crippen molar-refractivity contribution in [1.82, 2.24) is 0 Å². The van der Waals surface area contributed by atoms with Gasteiger partial charge in [0, 0.05) is 54.0 Å². The molecular formula is C33H37NO5. The lowest BCUT2D eigenvalue weighted by molar-refractivity contribution is -0.105. The topological polar surface area (TPSA) is 57.2 Å². The Labute approximate surface area is 230 Å². The first-order chi connectivity index (χ1) is 18.9. The van der Waals surface area contributed by atoms with Gasteiger partial charge in [-0.15, -0.1) is 0 Å². The largest absolute Gasteiger partial charge is 0.465 e. The van der Waals surface area contributed by atoms with Gasteiger partial charge in [-0.3, -0.25) is 0 Å². The number of hydrogen-bond acceptors (Lipinski definition) is 6. The number of nitrogens with zero attached hydrogens (tertiary/aromatic N) is 1. The number of hydrogen-bond donors (Lipinski definition) is 0. The number of fused-ring (bicyclic) bond motifs is 6. The number of esters is 1. The van der Waals surface area contributed by atoms with E-state index in [-0.39, 0.29) is 12.3 Å². The van der Waals surface area contributed by atoms with Crippen molar-refractivity contribution < 1.29 is 23.7 Å². The number of carbonyl (C=O) groups is 1. The van der Waals surface area contributed by atoms with Crippen LogP contribution in [-0.4, -0.2) is 32.0 Å². The van der Waals surface area contributed by atoms with Gasteiger partial charge in [0.1, 0.15) is 17.2 Å². The molecule has 3 aromatic rings. The van der Waals surface area contributed by atoms with E-state index in [2.05, 4.69) is 44.7 Å². The fourth-order valence-electron chi connectivity index (χ4n) is 6.03. The van der Waals surface area contributed by atoms with Crippen molar-refractivity contribution in [2.75, 3.05) is 24.6 Å². The zero-order valence-electron chi connectivity index (χ0n) is 23.3. The normalized spacial score (nSPS) is 21.2. The van der Waals surface area contributed by atoms with Crippen molar-refractivity contribution in [2.45, 2.75) is 65.3 Å². The van der Waals surface area contributed by atoms with E-state index in [0.29, 0.717) is 35.3 Å². The average Bonchev–Trinajstić information content (AvgIpc) is 3.23. The molecule has 6 nitrogen and oxygen atoms in total. The minimum absolute atomic E-state index is 0.264. The molecule has 1 saturated heterocycles. The molecule has 0 aromatic heterocycles. The molecule has 2 unspecified atom stereocenters. The van der Waals surface area contributed by atoms with Crippen LogP contribution in [0.3, 0.4) is 0 Å². The highest BCUT2D eigenvalue weighted by Gasteiger charge is 2.53. The van der Waals surface area contributed by atoms with Crippen molar-refractivity contribution in [1.29, 1.82) is 0 Å². The van der Waals surface area contributed by atoms with Gasteiger partial charge < -0.3 is 23.8 Å². The van der Waals surface area contributed by atoms with Crippen LogP contribution in [0, 0.1) is 12.8 Å². The fraction of sp³-hybridized carbons (Fsp3) is 0.424. The summed E-state index contributed by atoms with van der Waals surface area (Å²) < 4.78 is 25.0. The molecule has 2 atom stereocenters. The molecule has 0 radical (unpaired) electrons. The van der Waals surface area contributed by atoms with Gasteiger partial charge in [0.25, 0.3) is 0 Å². The van der Waals surface area contributed by atoms with Crippen LogP contribution in [-0.2, 0) is 15.1 Å². The Morgan fingerprint density at radius 1 is 1.03 bits per heavy atom. The Morgan fingerprint density at radius 3 is 2.62 bits per heavy atom. The van der Waals surface area contributed by atoms with Crippen LogP contribution < -0.4 is 14.4 Å². The van der Waals surface area contributed by atoms with Crippen LogP contribution >= 0.6 is 0 Å².